The third-order valence-electron chi connectivity index (χ3n) is 5.32. The predicted molar refractivity (Wildman–Crippen MR) is 95.2 cm³/mol. The number of ether oxygens (including phenoxy) is 1. The Kier molecular flexibility index (Phi) is 3.99. The van der Waals surface area contributed by atoms with Gasteiger partial charge in [0.05, 0.1) is 13.7 Å². The average Bonchev–Trinajstić information content (AvgIpc) is 3.02. The minimum Gasteiger partial charge on any atom is -0.497 e. The number of urea groups is 1. The zero-order chi connectivity index (χ0) is 18.3. The van der Waals surface area contributed by atoms with Crippen LogP contribution in [0.3, 0.4) is 0 Å². The Morgan fingerprint density at radius 3 is 2.81 bits per heavy atom. The molecule has 1 atom stereocenters. The maximum absolute atomic E-state index is 12.5. The van der Waals surface area contributed by atoms with E-state index in [2.05, 4.69) is 16.0 Å². The lowest BCUT2D eigenvalue weighted by atomic mass is 9.91. The number of methoxy groups -OCH3 is 1. The summed E-state index contributed by atoms with van der Waals surface area (Å²) in [6.45, 7) is 0.444. The Hall–Kier alpha value is -2.74. The van der Waals surface area contributed by atoms with Crippen molar-refractivity contribution in [2.24, 2.45) is 0 Å². The van der Waals surface area contributed by atoms with Crippen molar-refractivity contribution in [1.82, 2.24) is 20.5 Å². The van der Waals surface area contributed by atoms with Crippen LogP contribution in [-0.2, 0) is 11.3 Å². The van der Waals surface area contributed by atoms with E-state index in [1.807, 2.05) is 6.07 Å². The third kappa shape index (κ3) is 2.76. The van der Waals surface area contributed by atoms with Gasteiger partial charge in [-0.15, -0.1) is 0 Å². The van der Waals surface area contributed by atoms with E-state index in [0.29, 0.717) is 23.7 Å². The molecular formula is C18H22N4O4. The average molecular weight is 358 g/mol. The maximum Gasteiger partial charge on any atom is 0.322 e. The molecule has 1 saturated carbocycles. The molecule has 1 aliphatic heterocycles. The molecule has 138 valence electrons. The van der Waals surface area contributed by atoms with E-state index in [4.69, 9.17) is 4.74 Å². The molecule has 2 aliphatic rings. The number of amides is 3. The number of aromatic nitrogens is 1. The second-order valence-corrected chi connectivity index (χ2v) is 7.03. The number of nitrogens with one attached hydrogen (secondary N) is 3. The van der Waals surface area contributed by atoms with Crippen LogP contribution in [0.2, 0.25) is 0 Å². The highest BCUT2D eigenvalue weighted by Crippen LogP contribution is 2.31. The van der Waals surface area contributed by atoms with Gasteiger partial charge in [-0.1, -0.05) is 6.42 Å². The van der Waals surface area contributed by atoms with Crippen LogP contribution in [0.5, 0.6) is 11.6 Å². The van der Waals surface area contributed by atoms with Crippen LogP contribution in [-0.4, -0.2) is 46.8 Å². The SMILES string of the molecule is COc1ccc2c(O)n(CC3(CNC4CCC4)NC(=O)NC3=O)cc2c1. The molecule has 3 amide bonds. The highest BCUT2D eigenvalue weighted by Gasteiger charge is 2.47. The summed E-state index contributed by atoms with van der Waals surface area (Å²) in [5.74, 6) is 0.353. The van der Waals surface area contributed by atoms with Crippen molar-refractivity contribution in [1.29, 1.82) is 0 Å². The summed E-state index contributed by atoms with van der Waals surface area (Å²) in [4.78, 5) is 24.3. The Balaban J connectivity index is 1.64. The number of imide groups is 1. The van der Waals surface area contributed by atoms with Gasteiger partial charge in [0.2, 0.25) is 0 Å². The Labute approximate surface area is 150 Å². The number of hydrogen-bond donors (Lipinski definition) is 4. The monoisotopic (exact) mass is 358 g/mol. The molecule has 8 heteroatoms. The summed E-state index contributed by atoms with van der Waals surface area (Å²) in [5, 5.41) is 20.5. The first-order valence-corrected chi connectivity index (χ1v) is 8.73. The lowest BCUT2D eigenvalue weighted by Crippen LogP contribution is -2.59. The third-order valence-corrected chi connectivity index (χ3v) is 5.32. The van der Waals surface area contributed by atoms with Gasteiger partial charge in [0.15, 0.2) is 11.4 Å². The fourth-order valence-electron chi connectivity index (χ4n) is 3.52. The van der Waals surface area contributed by atoms with Gasteiger partial charge >= 0.3 is 6.03 Å². The Morgan fingerprint density at radius 1 is 1.38 bits per heavy atom. The van der Waals surface area contributed by atoms with E-state index in [0.717, 1.165) is 18.2 Å². The zero-order valence-corrected chi connectivity index (χ0v) is 14.5. The Morgan fingerprint density at radius 2 is 2.19 bits per heavy atom. The molecule has 1 saturated heterocycles. The van der Waals surface area contributed by atoms with Gasteiger partial charge in [-0.25, -0.2) is 4.79 Å². The van der Waals surface area contributed by atoms with E-state index in [9.17, 15) is 14.7 Å². The van der Waals surface area contributed by atoms with Crippen molar-refractivity contribution >= 4 is 22.7 Å². The van der Waals surface area contributed by atoms with Crippen LogP contribution in [0.4, 0.5) is 4.79 Å². The van der Waals surface area contributed by atoms with E-state index >= 15 is 0 Å². The number of benzene rings is 1. The molecule has 1 aromatic carbocycles. The number of hydrogen-bond acceptors (Lipinski definition) is 5. The predicted octanol–water partition coefficient (Wildman–Crippen LogP) is 1.08. The number of carbonyl (C=O) groups excluding carboxylic acids is 2. The number of nitrogens with zero attached hydrogens (tertiary/aromatic N) is 1. The summed E-state index contributed by atoms with van der Waals surface area (Å²) in [5.41, 5.74) is -1.14. The fraction of sp³-hybridized carbons (Fsp3) is 0.444. The molecule has 2 aromatic rings. The largest absolute Gasteiger partial charge is 0.497 e. The second kappa shape index (κ2) is 6.21. The molecule has 0 bridgehead atoms. The fourth-order valence-corrected chi connectivity index (χ4v) is 3.52. The van der Waals surface area contributed by atoms with Crippen LogP contribution in [0.15, 0.2) is 24.4 Å². The zero-order valence-electron chi connectivity index (χ0n) is 14.5. The van der Waals surface area contributed by atoms with Gasteiger partial charge in [-0.3, -0.25) is 10.1 Å². The standard InChI is InChI=1S/C18H22N4O4/c1-26-13-5-6-14-11(7-13)8-22(15(14)23)10-18(9-19-12-3-2-4-12)16(24)20-17(25)21-18/h5-8,12,19,23H,2-4,9-10H2,1H3,(H2,20,21,24,25). The van der Waals surface area contributed by atoms with Crippen molar-refractivity contribution in [3.63, 3.8) is 0 Å². The molecule has 1 aliphatic carbocycles. The molecule has 0 spiro atoms. The molecule has 26 heavy (non-hydrogen) atoms. The van der Waals surface area contributed by atoms with Gasteiger partial charge in [0.25, 0.3) is 5.91 Å². The minimum atomic E-state index is -1.14. The van der Waals surface area contributed by atoms with Crippen LogP contribution in [0, 0.1) is 0 Å². The van der Waals surface area contributed by atoms with E-state index < -0.39 is 11.6 Å². The van der Waals surface area contributed by atoms with E-state index in [1.54, 1.807) is 30.0 Å². The molecular weight excluding hydrogens is 336 g/mol. The number of rotatable bonds is 6. The quantitative estimate of drug-likeness (QED) is 0.579. The van der Waals surface area contributed by atoms with Crippen LogP contribution >= 0.6 is 0 Å². The van der Waals surface area contributed by atoms with E-state index in [1.165, 1.54) is 6.42 Å². The summed E-state index contributed by atoms with van der Waals surface area (Å²) >= 11 is 0. The van der Waals surface area contributed by atoms with Crippen molar-refractivity contribution in [2.75, 3.05) is 13.7 Å². The maximum atomic E-state index is 12.5. The normalized spacial score (nSPS) is 23.0. The van der Waals surface area contributed by atoms with Crippen molar-refractivity contribution in [3.8, 4) is 11.6 Å². The number of fused-ring (bicyclic) bond motifs is 1. The Bertz CT molecular complexity index is 873. The molecule has 2 fully saturated rings. The summed E-state index contributed by atoms with van der Waals surface area (Å²) in [7, 11) is 1.58. The summed E-state index contributed by atoms with van der Waals surface area (Å²) in [6, 6.07) is 5.22. The van der Waals surface area contributed by atoms with Crippen LogP contribution in [0.25, 0.3) is 10.8 Å². The molecule has 0 radical (unpaired) electrons. The highest BCUT2D eigenvalue weighted by atomic mass is 16.5. The first-order chi connectivity index (χ1) is 12.5. The molecule has 1 aromatic heterocycles. The van der Waals surface area contributed by atoms with Gasteiger partial charge in [0.1, 0.15) is 5.75 Å². The highest BCUT2D eigenvalue weighted by molar-refractivity contribution is 6.07. The first-order valence-electron chi connectivity index (χ1n) is 8.73. The molecule has 8 nitrogen and oxygen atoms in total. The number of carbonyl (C=O) groups is 2. The first kappa shape index (κ1) is 16.7. The topological polar surface area (TPSA) is 105 Å². The van der Waals surface area contributed by atoms with Gasteiger partial charge in [0, 0.05) is 29.6 Å². The second-order valence-electron chi connectivity index (χ2n) is 7.03. The van der Waals surface area contributed by atoms with Gasteiger partial charge in [-0.2, -0.15) is 0 Å². The lowest BCUT2D eigenvalue weighted by Gasteiger charge is -2.33. The number of aromatic hydroxyl groups is 1. The van der Waals surface area contributed by atoms with Gasteiger partial charge < -0.3 is 25.0 Å². The van der Waals surface area contributed by atoms with Crippen molar-refractivity contribution < 1.29 is 19.4 Å². The molecule has 1 unspecified atom stereocenters. The summed E-state index contributed by atoms with van der Waals surface area (Å²) in [6.07, 6.45) is 5.08. The van der Waals surface area contributed by atoms with Crippen molar-refractivity contribution in [3.05, 3.63) is 24.4 Å². The van der Waals surface area contributed by atoms with Crippen molar-refractivity contribution in [2.45, 2.75) is 37.4 Å². The van der Waals surface area contributed by atoms with Gasteiger partial charge in [-0.05, 0) is 31.0 Å². The van der Waals surface area contributed by atoms with E-state index in [-0.39, 0.29) is 18.3 Å². The summed E-state index contributed by atoms with van der Waals surface area (Å²) < 4.78 is 6.81. The van der Waals surface area contributed by atoms with Crippen LogP contribution < -0.4 is 20.7 Å². The molecule has 4 N–H and O–H groups in total. The lowest BCUT2D eigenvalue weighted by molar-refractivity contribution is -0.124. The minimum absolute atomic E-state index is 0.0552. The molecule has 4 rings (SSSR count). The van der Waals surface area contributed by atoms with Crippen LogP contribution in [0.1, 0.15) is 19.3 Å². The smallest absolute Gasteiger partial charge is 0.322 e. The molecule has 2 heterocycles.